The molecule has 2 aliphatic heterocycles. The highest BCUT2D eigenvalue weighted by atomic mass is 35.5. The molecule has 0 spiro atoms. The summed E-state index contributed by atoms with van der Waals surface area (Å²) in [6.45, 7) is 4.07. The standard InChI is InChI=1S/C26H26N2O2.ClH/c29-26(23-10-4-1-9-22(23)19-27-15-17-30-18-16-27)28-24-11-5-2-7-20(24)13-14-21-8-3-6-12-25(21)28;/h1-12H,13-19H2;1H. The van der Waals surface area contributed by atoms with E-state index in [1.807, 2.05) is 35.2 Å². The number of morpholine rings is 1. The Balaban J connectivity index is 0.00000231. The number of benzene rings is 3. The van der Waals surface area contributed by atoms with Gasteiger partial charge >= 0.3 is 0 Å². The van der Waals surface area contributed by atoms with Gasteiger partial charge in [0.2, 0.25) is 0 Å². The first-order chi connectivity index (χ1) is 14.8. The number of aryl methyl sites for hydroxylation is 2. The molecule has 0 atom stereocenters. The minimum Gasteiger partial charge on any atom is -0.379 e. The molecule has 0 N–H and O–H groups in total. The molecular weight excluding hydrogens is 408 g/mol. The summed E-state index contributed by atoms with van der Waals surface area (Å²) >= 11 is 0. The normalized spacial score (nSPS) is 15.9. The Labute approximate surface area is 189 Å². The number of nitrogens with zero attached hydrogens (tertiary/aromatic N) is 2. The summed E-state index contributed by atoms with van der Waals surface area (Å²) in [6, 6.07) is 24.6. The fourth-order valence-corrected chi connectivity index (χ4v) is 4.49. The van der Waals surface area contributed by atoms with Crippen LogP contribution in [0.5, 0.6) is 0 Å². The summed E-state index contributed by atoms with van der Waals surface area (Å²) in [7, 11) is 0. The highest BCUT2D eigenvalue weighted by molar-refractivity contribution is 6.12. The summed E-state index contributed by atoms with van der Waals surface area (Å²) in [4.78, 5) is 18.3. The van der Waals surface area contributed by atoms with Crippen LogP contribution in [0.1, 0.15) is 27.0 Å². The second-order valence-corrected chi connectivity index (χ2v) is 7.94. The monoisotopic (exact) mass is 434 g/mol. The largest absolute Gasteiger partial charge is 0.379 e. The Bertz CT molecular complexity index is 1020. The maximum atomic E-state index is 14.0. The first-order valence-electron chi connectivity index (χ1n) is 10.7. The van der Waals surface area contributed by atoms with Gasteiger partial charge in [0.1, 0.15) is 0 Å². The lowest BCUT2D eigenvalue weighted by molar-refractivity contribution is 0.0341. The summed E-state index contributed by atoms with van der Waals surface area (Å²) < 4.78 is 5.49. The second-order valence-electron chi connectivity index (χ2n) is 7.94. The van der Waals surface area contributed by atoms with Crippen molar-refractivity contribution in [2.75, 3.05) is 31.2 Å². The van der Waals surface area contributed by atoms with E-state index in [0.29, 0.717) is 0 Å². The fourth-order valence-electron chi connectivity index (χ4n) is 4.49. The fraction of sp³-hybridized carbons (Fsp3) is 0.269. The minimum absolute atomic E-state index is 0. The number of amides is 1. The van der Waals surface area contributed by atoms with Crippen molar-refractivity contribution in [2.45, 2.75) is 19.4 Å². The van der Waals surface area contributed by atoms with Crippen LogP contribution in [0.25, 0.3) is 0 Å². The molecule has 5 heteroatoms. The van der Waals surface area contributed by atoms with Crippen molar-refractivity contribution in [1.82, 2.24) is 4.90 Å². The van der Waals surface area contributed by atoms with Crippen LogP contribution in [0.3, 0.4) is 0 Å². The zero-order valence-corrected chi connectivity index (χ0v) is 18.3. The van der Waals surface area contributed by atoms with E-state index in [1.165, 1.54) is 11.1 Å². The van der Waals surface area contributed by atoms with Crippen LogP contribution in [-0.4, -0.2) is 37.1 Å². The number of halogens is 1. The minimum atomic E-state index is 0. The highest BCUT2D eigenvalue weighted by Gasteiger charge is 2.28. The molecule has 0 bridgehead atoms. The maximum Gasteiger partial charge on any atom is 0.263 e. The van der Waals surface area contributed by atoms with Crippen molar-refractivity contribution in [3.63, 3.8) is 0 Å². The molecule has 0 unspecified atom stereocenters. The molecule has 1 fully saturated rings. The first-order valence-corrected chi connectivity index (χ1v) is 10.7. The van der Waals surface area contributed by atoms with Crippen molar-refractivity contribution >= 4 is 29.7 Å². The molecule has 3 aromatic rings. The zero-order chi connectivity index (χ0) is 20.3. The molecule has 4 nitrogen and oxygen atoms in total. The van der Waals surface area contributed by atoms with E-state index in [4.69, 9.17) is 4.74 Å². The Morgan fingerprint density at radius 1 is 0.774 bits per heavy atom. The molecule has 1 saturated heterocycles. The van der Waals surface area contributed by atoms with Crippen molar-refractivity contribution in [1.29, 1.82) is 0 Å². The molecule has 0 aromatic heterocycles. The topological polar surface area (TPSA) is 32.8 Å². The van der Waals surface area contributed by atoms with Gasteiger partial charge in [-0.05, 0) is 47.7 Å². The van der Waals surface area contributed by atoms with Crippen LogP contribution < -0.4 is 4.90 Å². The van der Waals surface area contributed by atoms with Gasteiger partial charge in [0.25, 0.3) is 5.91 Å². The third-order valence-electron chi connectivity index (χ3n) is 6.08. The van der Waals surface area contributed by atoms with Gasteiger partial charge in [-0.15, -0.1) is 12.4 Å². The van der Waals surface area contributed by atoms with Crippen LogP contribution in [0.15, 0.2) is 72.8 Å². The van der Waals surface area contributed by atoms with Gasteiger partial charge < -0.3 is 4.74 Å². The van der Waals surface area contributed by atoms with E-state index in [9.17, 15) is 4.79 Å². The third kappa shape index (κ3) is 4.38. The molecule has 31 heavy (non-hydrogen) atoms. The van der Waals surface area contributed by atoms with Crippen LogP contribution in [0, 0.1) is 0 Å². The van der Waals surface area contributed by atoms with Crippen molar-refractivity contribution in [3.8, 4) is 0 Å². The molecule has 2 aliphatic rings. The second kappa shape index (κ2) is 9.65. The summed E-state index contributed by atoms with van der Waals surface area (Å²) in [5.41, 5.74) is 6.27. The summed E-state index contributed by atoms with van der Waals surface area (Å²) in [6.07, 6.45) is 1.87. The van der Waals surface area contributed by atoms with Crippen LogP contribution >= 0.6 is 12.4 Å². The van der Waals surface area contributed by atoms with Crippen LogP contribution in [0.2, 0.25) is 0 Å². The van der Waals surface area contributed by atoms with E-state index in [0.717, 1.165) is 68.2 Å². The molecule has 0 aliphatic carbocycles. The van der Waals surface area contributed by atoms with Gasteiger partial charge in [0.15, 0.2) is 0 Å². The van der Waals surface area contributed by atoms with Crippen LogP contribution in [-0.2, 0) is 24.1 Å². The van der Waals surface area contributed by atoms with Crippen molar-refractivity contribution in [3.05, 3.63) is 95.1 Å². The number of fused-ring (bicyclic) bond motifs is 2. The van der Waals surface area contributed by atoms with Gasteiger partial charge in [0.05, 0.1) is 24.6 Å². The van der Waals surface area contributed by atoms with Gasteiger partial charge in [-0.2, -0.15) is 0 Å². The number of anilines is 2. The molecule has 160 valence electrons. The Hall–Kier alpha value is -2.66. The van der Waals surface area contributed by atoms with Gasteiger partial charge in [-0.3, -0.25) is 14.6 Å². The van der Waals surface area contributed by atoms with Crippen molar-refractivity contribution in [2.24, 2.45) is 0 Å². The van der Waals surface area contributed by atoms with E-state index < -0.39 is 0 Å². The molecule has 5 rings (SSSR count). The average Bonchev–Trinajstić information content (AvgIpc) is 2.97. The van der Waals surface area contributed by atoms with E-state index in [1.54, 1.807) is 0 Å². The lowest BCUT2D eigenvalue weighted by Crippen LogP contribution is -2.36. The molecular formula is C26H27ClN2O2. The Kier molecular flexibility index (Phi) is 6.71. The lowest BCUT2D eigenvalue weighted by Gasteiger charge is -2.29. The average molecular weight is 435 g/mol. The van der Waals surface area contributed by atoms with E-state index >= 15 is 0 Å². The predicted molar refractivity (Wildman–Crippen MR) is 127 cm³/mol. The zero-order valence-electron chi connectivity index (χ0n) is 17.5. The van der Waals surface area contributed by atoms with Gasteiger partial charge in [0, 0.05) is 25.2 Å². The molecule has 2 heterocycles. The Morgan fingerprint density at radius 2 is 1.32 bits per heavy atom. The maximum absolute atomic E-state index is 14.0. The highest BCUT2D eigenvalue weighted by Crippen LogP contribution is 2.37. The van der Waals surface area contributed by atoms with E-state index in [2.05, 4.69) is 47.4 Å². The SMILES string of the molecule is Cl.O=C(c1ccccc1CN1CCOCC1)N1c2ccccc2CCc2ccccc21. The van der Waals surface area contributed by atoms with E-state index in [-0.39, 0.29) is 18.3 Å². The molecule has 3 aromatic carbocycles. The molecule has 0 radical (unpaired) electrons. The number of ether oxygens (including phenoxy) is 1. The predicted octanol–water partition coefficient (Wildman–Crippen LogP) is 5.02. The first kappa shape index (κ1) is 21.6. The van der Waals surface area contributed by atoms with Gasteiger partial charge in [-0.1, -0.05) is 54.6 Å². The number of carbonyl (C=O) groups excluding carboxylic acids is 1. The number of rotatable bonds is 3. The van der Waals surface area contributed by atoms with Crippen molar-refractivity contribution < 1.29 is 9.53 Å². The van der Waals surface area contributed by atoms with Crippen LogP contribution in [0.4, 0.5) is 11.4 Å². The molecule has 1 amide bonds. The third-order valence-corrected chi connectivity index (χ3v) is 6.08. The van der Waals surface area contributed by atoms with Gasteiger partial charge in [-0.25, -0.2) is 0 Å². The smallest absolute Gasteiger partial charge is 0.263 e. The summed E-state index contributed by atoms with van der Waals surface area (Å²) in [5.74, 6) is 0.0423. The number of hydrogen-bond acceptors (Lipinski definition) is 3. The molecule has 0 saturated carbocycles. The summed E-state index contributed by atoms with van der Waals surface area (Å²) in [5, 5.41) is 0. The number of hydrogen-bond donors (Lipinski definition) is 0. The number of para-hydroxylation sites is 2. The quantitative estimate of drug-likeness (QED) is 0.580. The number of carbonyl (C=O) groups is 1. The lowest BCUT2D eigenvalue weighted by atomic mass is 10.0. The Morgan fingerprint density at radius 3 is 1.97 bits per heavy atom.